The summed E-state index contributed by atoms with van der Waals surface area (Å²) in [6.07, 6.45) is 4.58. The first kappa shape index (κ1) is 18.8. The molecule has 0 bridgehead atoms. The lowest BCUT2D eigenvalue weighted by Gasteiger charge is -2.41. The number of benzene rings is 1. The molecule has 6 heteroatoms. The summed E-state index contributed by atoms with van der Waals surface area (Å²) in [5.41, 5.74) is 1.37. The maximum Gasteiger partial charge on any atom is 0.241 e. The molecule has 0 spiro atoms. The van der Waals surface area contributed by atoms with Crippen LogP contribution in [-0.4, -0.2) is 53.3 Å². The van der Waals surface area contributed by atoms with Crippen LogP contribution in [0.2, 0.25) is 0 Å². The van der Waals surface area contributed by atoms with Crippen molar-refractivity contribution in [2.45, 2.75) is 58.0 Å². The molecule has 2 saturated heterocycles. The lowest BCUT2D eigenvalue weighted by atomic mass is 9.98. The van der Waals surface area contributed by atoms with Gasteiger partial charge in [0.05, 0.1) is 6.04 Å². The Kier molecular flexibility index (Phi) is 5.91. The molecule has 2 amide bonds. The van der Waals surface area contributed by atoms with Gasteiger partial charge in [-0.2, -0.15) is 0 Å². The first-order chi connectivity index (χ1) is 12.5. The lowest BCUT2D eigenvalue weighted by molar-refractivity contribution is -0.137. The van der Waals surface area contributed by atoms with Crippen molar-refractivity contribution in [2.75, 3.05) is 25.0 Å². The van der Waals surface area contributed by atoms with Crippen LogP contribution in [0, 0.1) is 12.7 Å². The summed E-state index contributed by atoms with van der Waals surface area (Å²) < 4.78 is 13.4. The monoisotopic (exact) mass is 361 g/mol. The molecule has 2 heterocycles. The van der Waals surface area contributed by atoms with Crippen LogP contribution in [0.5, 0.6) is 0 Å². The highest BCUT2D eigenvalue weighted by molar-refractivity contribution is 5.95. The summed E-state index contributed by atoms with van der Waals surface area (Å²) in [6, 6.07) is 4.43. The van der Waals surface area contributed by atoms with Gasteiger partial charge in [-0.3, -0.25) is 14.5 Å². The van der Waals surface area contributed by atoms with E-state index in [-0.39, 0.29) is 23.7 Å². The number of piperidine rings is 2. The van der Waals surface area contributed by atoms with Gasteiger partial charge in [-0.25, -0.2) is 4.39 Å². The van der Waals surface area contributed by atoms with Crippen molar-refractivity contribution in [3.63, 3.8) is 0 Å². The van der Waals surface area contributed by atoms with E-state index in [0.717, 1.165) is 50.9 Å². The zero-order valence-electron chi connectivity index (χ0n) is 15.6. The van der Waals surface area contributed by atoms with E-state index >= 15 is 0 Å². The van der Waals surface area contributed by atoms with Crippen LogP contribution < -0.4 is 5.32 Å². The predicted octanol–water partition coefficient (Wildman–Crippen LogP) is 2.94. The van der Waals surface area contributed by atoms with Gasteiger partial charge in [0.1, 0.15) is 5.82 Å². The summed E-state index contributed by atoms with van der Waals surface area (Å²) in [4.78, 5) is 28.9. The second-order valence-electron chi connectivity index (χ2n) is 7.44. The Morgan fingerprint density at radius 1 is 1.23 bits per heavy atom. The zero-order valence-corrected chi connectivity index (χ0v) is 15.6. The van der Waals surface area contributed by atoms with Crippen LogP contribution in [-0.2, 0) is 9.59 Å². The highest BCUT2D eigenvalue weighted by Gasteiger charge is 2.32. The summed E-state index contributed by atoms with van der Waals surface area (Å²) in [6.45, 7) is 6.20. The van der Waals surface area contributed by atoms with Crippen LogP contribution in [0.15, 0.2) is 18.2 Å². The van der Waals surface area contributed by atoms with Crippen molar-refractivity contribution < 1.29 is 14.0 Å². The Morgan fingerprint density at radius 3 is 2.65 bits per heavy atom. The van der Waals surface area contributed by atoms with Crippen LogP contribution >= 0.6 is 0 Å². The van der Waals surface area contributed by atoms with Gasteiger partial charge in [0, 0.05) is 37.8 Å². The van der Waals surface area contributed by atoms with Gasteiger partial charge in [0.15, 0.2) is 0 Å². The molecule has 0 aromatic heterocycles. The van der Waals surface area contributed by atoms with Gasteiger partial charge in [-0.15, -0.1) is 0 Å². The largest absolute Gasteiger partial charge is 0.340 e. The van der Waals surface area contributed by atoms with Crippen molar-refractivity contribution in [3.8, 4) is 0 Å². The highest BCUT2D eigenvalue weighted by atomic mass is 19.1. The molecule has 2 aliphatic heterocycles. The fraction of sp³-hybridized carbons (Fsp3) is 0.600. The predicted molar refractivity (Wildman–Crippen MR) is 99.4 cm³/mol. The standard InChI is InChI=1S/C20H28FN3O2/c1-14-6-7-16(21)13-18(14)22-20(26)15(2)23-11-8-17(9-12-23)24-10-4-3-5-19(24)25/h6-7,13,15,17H,3-5,8-12H2,1-2H3,(H,22,26). The zero-order chi connectivity index (χ0) is 18.7. The number of carbonyl (C=O) groups is 2. The SMILES string of the molecule is Cc1ccc(F)cc1NC(=O)C(C)N1CCC(N2CCCCC2=O)CC1. The van der Waals surface area contributed by atoms with Crippen LogP contribution in [0.1, 0.15) is 44.6 Å². The van der Waals surface area contributed by atoms with E-state index in [9.17, 15) is 14.0 Å². The van der Waals surface area contributed by atoms with Crippen molar-refractivity contribution in [1.82, 2.24) is 9.80 Å². The number of nitrogens with one attached hydrogen (secondary N) is 1. The number of amides is 2. The van der Waals surface area contributed by atoms with Crippen molar-refractivity contribution in [3.05, 3.63) is 29.6 Å². The molecule has 1 unspecified atom stereocenters. The number of halogens is 1. The molecule has 3 rings (SSSR count). The molecule has 0 aliphatic carbocycles. The number of carbonyl (C=O) groups excluding carboxylic acids is 2. The molecule has 1 N–H and O–H groups in total. The fourth-order valence-electron chi connectivity index (χ4n) is 3.93. The molecule has 1 aromatic rings. The Labute approximate surface area is 154 Å². The number of rotatable bonds is 4. The van der Waals surface area contributed by atoms with E-state index in [0.29, 0.717) is 18.2 Å². The second kappa shape index (κ2) is 8.16. The molecule has 1 aromatic carbocycles. The van der Waals surface area contributed by atoms with E-state index in [4.69, 9.17) is 0 Å². The molecule has 0 radical (unpaired) electrons. The Balaban J connectivity index is 1.54. The fourth-order valence-corrected chi connectivity index (χ4v) is 3.93. The number of nitrogens with zero attached hydrogens (tertiary/aromatic N) is 2. The Morgan fingerprint density at radius 2 is 1.96 bits per heavy atom. The number of anilines is 1. The smallest absolute Gasteiger partial charge is 0.241 e. The lowest BCUT2D eigenvalue weighted by Crippen LogP contribution is -2.52. The van der Waals surface area contributed by atoms with E-state index in [1.54, 1.807) is 6.07 Å². The molecule has 2 fully saturated rings. The maximum atomic E-state index is 13.4. The van der Waals surface area contributed by atoms with Crippen molar-refractivity contribution in [2.24, 2.45) is 0 Å². The summed E-state index contributed by atoms with van der Waals surface area (Å²) in [5, 5.41) is 2.84. The summed E-state index contributed by atoms with van der Waals surface area (Å²) >= 11 is 0. The Bertz CT molecular complexity index is 671. The topological polar surface area (TPSA) is 52.7 Å². The summed E-state index contributed by atoms with van der Waals surface area (Å²) in [5.74, 6) is -0.196. The molecule has 0 saturated carbocycles. The van der Waals surface area contributed by atoms with E-state index in [1.165, 1.54) is 12.1 Å². The van der Waals surface area contributed by atoms with E-state index < -0.39 is 0 Å². The van der Waals surface area contributed by atoms with Crippen molar-refractivity contribution in [1.29, 1.82) is 0 Å². The molecule has 5 nitrogen and oxygen atoms in total. The van der Waals surface area contributed by atoms with Crippen LogP contribution in [0.25, 0.3) is 0 Å². The average Bonchev–Trinajstić information content (AvgIpc) is 2.64. The molecular formula is C20H28FN3O2. The second-order valence-corrected chi connectivity index (χ2v) is 7.44. The molecule has 2 aliphatic rings. The van der Waals surface area contributed by atoms with Crippen LogP contribution in [0.4, 0.5) is 10.1 Å². The van der Waals surface area contributed by atoms with Gasteiger partial charge >= 0.3 is 0 Å². The van der Waals surface area contributed by atoms with Crippen LogP contribution in [0.3, 0.4) is 0 Å². The van der Waals surface area contributed by atoms with Gasteiger partial charge in [0.2, 0.25) is 11.8 Å². The van der Waals surface area contributed by atoms with E-state index in [1.807, 2.05) is 18.7 Å². The number of hydrogen-bond acceptors (Lipinski definition) is 3. The average molecular weight is 361 g/mol. The van der Waals surface area contributed by atoms with Gasteiger partial charge in [-0.05, 0) is 57.2 Å². The normalized spacial score (nSPS) is 20.9. The first-order valence-electron chi connectivity index (χ1n) is 9.56. The van der Waals surface area contributed by atoms with Gasteiger partial charge < -0.3 is 10.2 Å². The van der Waals surface area contributed by atoms with Crippen molar-refractivity contribution >= 4 is 17.5 Å². The third-order valence-corrected chi connectivity index (χ3v) is 5.68. The number of aryl methyl sites for hydroxylation is 1. The number of hydrogen-bond donors (Lipinski definition) is 1. The third kappa shape index (κ3) is 4.23. The molecular weight excluding hydrogens is 333 g/mol. The quantitative estimate of drug-likeness (QED) is 0.897. The highest BCUT2D eigenvalue weighted by Crippen LogP contribution is 2.23. The van der Waals surface area contributed by atoms with E-state index in [2.05, 4.69) is 10.2 Å². The number of likely N-dealkylation sites (tertiary alicyclic amines) is 2. The van der Waals surface area contributed by atoms with Gasteiger partial charge in [-0.1, -0.05) is 6.07 Å². The van der Waals surface area contributed by atoms with Gasteiger partial charge in [0.25, 0.3) is 0 Å². The molecule has 1 atom stereocenters. The molecule has 26 heavy (non-hydrogen) atoms. The minimum absolute atomic E-state index is 0.119. The minimum Gasteiger partial charge on any atom is -0.340 e. The summed E-state index contributed by atoms with van der Waals surface area (Å²) in [7, 11) is 0. The Hall–Kier alpha value is -1.95. The molecule has 142 valence electrons. The first-order valence-corrected chi connectivity index (χ1v) is 9.56. The maximum absolute atomic E-state index is 13.4. The minimum atomic E-state index is -0.356. The third-order valence-electron chi connectivity index (χ3n) is 5.68.